The lowest BCUT2D eigenvalue weighted by atomic mass is 9.65. The van der Waals surface area contributed by atoms with E-state index in [1.54, 1.807) is 0 Å². The molecule has 14 rings (SSSR count). The molecule has 0 radical (unpaired) electrons. The molecule has 3 heterocycles. The molecule has 3 heteroatoms. The van der Waals surface area contributed by atoms with Crippen LogP contribution in [0.1, 0.15) is 22.3 Å². The van der Waals surface area contributed by atoms with E-state index in [1.165, 1.54) is 103 Å². The molecule has 10 aromatic carbocycles. The summed E-state index contributed by atoms with van der Waals surface area (Å²) in [7, 11) is 0. The molecular weight excluding hydrogens is 793 g/mol. The highest BCUT2D eigenvalue weighted by Gasteiger charge is 2.51. The van der Waals surface area contributed by atoms with E-state index in [9.17, 15) is 0 Å². The quantitative estimate of drug-likeness (QED) is 0.168. The average Bonchev–Trinajstić information content (AvgIpc) is 4.01. The van der Waals surface area contributed by atoms with Crippen LogP contribution in [0.5, 0.6) is 0 Å². The predicted octanol–water partition coefficient (Wildman–Crippen LogP) is 16.6. The van der Waals surface area contributed by atoms with Gasteiger partial charge >= 0.3 is 0 Å². The van der Waals surface area contributed by atoms with E-state index >= 15 is 0 Å². The van der Waals surface area contributed by atoms with E-state index in [2.05, 4.69) is 240 Å². The Hall–Kier alpha value is -7.98. The summed E-state index contributed by atoms with van der Waals surface area (Å²) in [6, 6.07) is 85.8. The molecule has 0 fully saturated rings. The third-order valence-corrected chi connectivity index (χ3v) is 15.2. The number of fused-ring (bicyclic) bond motifs is 15. The van der Waals surface area contributed by atoms with E-state index < -0.39 is 5.41 Å². The Kier molecular flexibility index (Phi) is 7.51. The van der Waals surface area contributed by atoms with Crippen LogP contribution in [0.15, 0.2) is 231 Å². The maximum Gasteiger partial charge on any atom is 0.0755 e. The van der Waals surface area contributed by atoms with Crippen molar-refractivity contribution in [3.8, 4) is 39.1 Å². The van der Waals surface area contributed by atoms with E-state index in [1.807, 2.05) is 11.3 Å². The minimum atomic E-state index is -0.542. The number of hydrogen-bond acceptors (Lipinski definition) is 2. The monoisotopic (exact) mass is 830 g/mol. The van der Waals surface area contributed by atoms with Gasteiger partial charge in [-0.15, -0.1) is 11.3 Å². The van der Waals surface area contributed by atoms with Crippen LogP contribution in [0, 0.1) is 0 Å². The average molecular weight is 831 g/mol. The van der Waals surface area contributed by atoms with Gasteiger partial charge in [-0.05, 0) is 111 Å². The standard InChI is InChI=1S/C61H38N2S/c1-2-14-39(15-3-1)40-28-33-43(34-29-40)62(44-35-30-41(31-36-44)42-32-37-58-49(38-42)46-17-6-11-27-57(46)64-58)56-26-13-22-52-59(56)48-18-4-7-20-50(48)61(52)51-21-8-10-25-55(51)63-54-24-9-5-16-45(54)47-19-12-23-53(61)60(47)63/h1-38H. The molecule has 0 N–H and O–H groups in total. The Morgan fingerprint density at radius 3 is 1.78 bits per heavy atom. The lowest BCUT2D eigenvalue weighted by Crippen LogP contribution is -2.33. The van der Waals surface area contributed by atoms with Crippen LogP contribution in [0.4, 0.5) is 17.1 Å². The summed E-state index contributed by atoms with van der Waals surface area (Å²) < 4.78 is 5.17. The second kappa shape index (κ2) is 13.5. The summed E-state index contributed by atoms with van der Waals surface area (Å²) >= 11 is 1.86. The van der Waals surface area contributed by atoms with Crippen LogP contribution in [-0.2, 0) is 5.41 Å². The molecule has 1 aliphatic carbocycles. The van der Waals surface area contributed by atoms with Crippen molar-refractivity contribution in [1.29, 1.82) is 0 Å². The first-order valence-corrected chi connectivity index (χ1v) is 22.9. The topological polar surface area (TPSA) is 8.17 Å². The lowest BCUT2D eigenvalue weighted by Gasteiger charge is -2.39. The summed E-state index contributed by atoms with van der Waals surface area (Å²) in [5, 5.41) is 5.20. The van der Waals surface area contributed by atoms with Crippen molar-refractivity contribution in [2.45, 2.75) is 5.41 Å². The number of hydrogen-bond donors (Lipinski definition) is 0. The SMILES string of the molecule is c1ccc(-c2ccc(N(c3ccc(-c4ccc5sc6ccccc6c5c4)cc3)c3cccc4c3-c3ccccc3C43c4ccccc4-n4c5ccccc5c5cccc3c54)cc2)cc1. The Labute approximate surface area is 375 Å². The fraction of sp³-hybridized carbons (Fsp3) is 0.0164. The molecule has 64 heavy (non-hydrogen) atoms. The second-order valence-electron chi connectivity index (χ2n) is 17.2. The minimum absolute atomic E-state index is 0.542. The smallest absolute Gasteiger partial charge is 0.0755 e. The zero-order valence-electron chi connectivity index (χ0n) is 34.7. The summed E-state index contributed by atoms with van der Waals surface area (Å²) in [4.78, 5) is 2.48. The van der Waals surface area contributed by atoms with Gasteiger partial charge < -0.3 is 9.47 Å². The van der Waals surface area contributed by atoms with Crippen LogP contribution in [0.25, 0.3) is 81.0 Å². The molecule has 2 aliphatic rings. The number of rotatable bonds is 5. The lowest BCUT2D eigenvalue weighted by molar-refractivity contribution is 0.748. The van der Waals surface area contributed by atoms with E-state index in [0.29, 0.717) is 0 Å². The highest BCUT2D eigenvalue weighted by molar-refractivity contribution is 7.25. The van der Waals surface area contributed by atoms with E-state index in [-0.39, 0.29) is 0 Å². The van der Waals surface area contributed by atoms with Crippen LogP contribution in [0.3, 0.4) is 0 Å². The molecule has 1 atom stereocenters. The highest BCUT2D eigenvalue weighted by atomic mass is 32.1. The molecular formula is C61H38N2S. The van der Waals surface area contributed by atoms with Gasteiger partial charge in [0.2, 0.25) is 0 Å². The summed E-state index contributed by atoms with van der Waals surface area (Å²) in [6.07, 6.45) is 0. The van der Waals surface area contributed by atoms with Gasteiger partial charge in [-0.3, -0.25) is 0 Å². The molecule has 1 unspecified atom stereocenters. The van der Waals surface area contributed by atoms with Gasteiger partial charge in [-0.1, -0.05) is 170 Å². The van der Waals surface area contributed by atoms with E-state index in [4.69, 9.17) is 0 Å². The number of thiophene rings is 1. The fourth-order valence-electron chi connectivity index (χ4n) is 11.3. The molecule has 1 aliphatic heterocycles. The van der Waals surface area contributed by atoms with Gasteiger partial charge in [0.1, 0.15) is 0 Å². The molecule has 0 saturated heterocycles. The summed E-state index contributed by atoms with van der Waals surface area (Å²) in [5.74, 6) is 0. The Morgan fingerprint density at radius 2 is 0.953 bits per heavy atom. The molecule has 1 spiro atoms. The van der Waals surface area contributed by atoms with Crippen molar-refractivity contribution < 1.29 is 0 Å². The third-order valence-electron chi connectivity index (χ3n) is 14.0. The van der Waals surface area contributed by atoms with E-state index in [0.717, 1.165) is 17.1 Å². The van der Waals surface area contributed by atoms with Crippen LogP contribution >= 0.6 is 11.3 Å². The maximum absolute atomic E-state index is 2.52. The molecule has 2 aromatic heterocycles. The highest BCUT2D eigenvalue weighted by Crippen LogP contribution is 2.63. The number of nitrogens with zero attached hydrogens (tertiary/aromatic N) is 2. The van der Waals surface area contributed by atoms with Crippen molar-refractivity contribution in [3.63, 3.8) is 0 Å². The second-order valence-corrected chi connectivity index (χ2v) is 18.3. The first-order valence-electron chi connectivity index (χ1n) is 22.1. The normalized spacial score (nSPS) is 14.6. The van der Waals surface area contributed by atoms with Crippen molar-refractivity contribution in [3.05, 3.63) is 253 Å². The first kappa shape index (κ1) is 35.6. The maximum atomic E-state index is 2.52. The molecule has 298 valence electrons. The Bertz CT molecular complexity index is 3840. The Balaban J connectivity index is 1.00. The van der Waals surface area contributed by atoms with Crippen molar-refractivity contribution in [2.24, 2.45) is 0 Å². The summed E-state index contributed by atoms with van der Waals surface area (Å²) in [6.45, 7) is 0. The molecule has 0 saturated carbocycles. The van der Waals surface area contributed by atoms with Crippen molar-refractivity contribution in [2.75, 3.05) is 4.90 Å². The van der Waals surface area contributed by atoms with Gasteiger partial charge in [-0.25, -0.2) is 0 Å². The third kappa shape index (κ3) is 4.85. The van der Waals surface area contributed by atoms with Crippen LogP contribution in [0.2, 0.25) is 0 Å². The van der Waals surface area contributed by atoms with Crippen molar-refractivity contribution in [1.82, 2.24) is 4.57 Å². The van der Waals surface area contributed by atoms with Crippen LogP contribution < -0.4 is 4.90 Å². The number of para-hydroxylation sites is 3. The molecule has 2 nitrogen and oxygen atoms in total. The zero-order chi connectivity index (χ0) is 41.9. The molecule has 0 bridgehead atoms. The fourth-order valence-corrected chi connectivity index (χ4v) is 12.4. The van der Waals surface area contributed by atoms with Gasteiger partial charge in [0.25, 0.3) is 0 Å². The molecule has 0 amide bonds. The van der Waals surface area contributed by atoms with Crippen LogP contribution in [-0.4, -0.2) is 4.57 Å². The van der Waals surface area contributed by atoms with Gasteiger partial charge in [0.05, 0.1) is 27.8 Å². The molecule has 12 aromatic rings. The number of anilines is 3. The largest absolute Gasteiger partial charge is 0.310 e. The Morgan fingerprint density at radius 1 is 0.375 bits per heavy atom. The van der Waals surface area contributed by atoms with Gasteiger partial charge in [0.15, 0.2) is 0 Å². The van der Waals surface area contributed by atoms with Gasteiger partial charge in [0, 0.05) is 47.9 Å². The number of aromatic nitrogens is 1. The minimum Gasteiger partial charge on any atom is -0.310 e. The van der Waals surface area contributed by atoms with Gasteiger partial charge in [-0.2, -0.15) is 0 Å². The zero-order valence-corrected chi connectivity index (χ0v) is 35.6. The summed E-state index contributed by atoms with van der Waals surface area (Å²) in [5.41, 5.74) is 19.2. The predicted molar refractivity (Wildman–Crippen MR) is 270 cm³/mol. The first-order chi connectivity index (χ1) is 31.8. The number of benzene rings is 10. The van der Waals surface area contributed by atoms with Crippen molar-refractivity contribution >= 4 is 70.4 Å².